The van der Waals surface area contributed by atoms with E-state index < -0.39 is 0 Å². The van der Waals surface area contributed by atoms with Gasteiger partial charge in [0.2, 0.25) is 0 Å². The number of benzene rings is 2. The van der Waals surface area contributed by atoms with Crippen LogP contribution in [0, 0.1) is 0 Å². The van der Waals surface area contributed by atoms with Crippen LogP contribution < -0.4 is 10.6 Å². The van der Waals surface area contributed by atoms with E-state index in [4.69, 9.17) is 11.6 Å². The molecule has 2 aromatic carbocycles. The Bertz CT molecular complexity index is 704. The fourth-order valence-corrected chi connectivity index (χ4v) is 3.28. The highest BCUT2D eigenvalue weighted by atomic mass is 35.5. The monoisotopic (exact) mass is 370 g/mol. The number of halogens is 1. The van der Waals surface area contributed by atoms with Crippen LogP contribution in [0.2, 0.25) is 5.02 Å². The Morgan fingerprint density at radius 3 is 1.92 bits per heavy atom. The molecule has 0 unspecified atom stereocenters. The molecule has 1 aliphatic heterocycles. The highest BCUT2D eigenvalue weighted by Crippen LogP contribution is 2.13. The highest BCUT2D eigenvalue weighted by molar-refractivity contribution is 6.30. The average Bonchev–Trinajstić information content (AvgIpc) is 3.17. The van der Waals surface area contributed by atoms with Gasteiger partial charge in [0.1, 0.15) is 0 Å². The Morgan fingerprint density at radius 2 is 1.38 bits per heavy atom. The number of aliphatic imine (C=N–C) groups is 1. The van der Waals surface area contributed by atoms with Gasteiger partial charge >= 0.3 is 0 Å². The number of guanidine groups is 1. The van der Waals surface area contributed by atoms with Crippen LogP contribution in [-0.2, 0) is 19.6 Å². The van der Waals surface area contributed by atoms with Gasteiger partial charge in [-0.15, -0.1) is 0 Å². The van der Waals surface area contributed by atoms with E-state index >= 15 is 0 Å². The molecule has 0 spiro atoms. The maximum absolute atomic E-state index is 5.92. The van der Waals surface area contributed by atoms with Gasteiger partial charge in [-0.3, -0.25) is 9.89 Å². The molecule has 1 heterocycles. The molecule has 3 rings (SSSR count). The Kier molecular flexibility index (Phi) is 6.92. The summed E-state index contributed by atoms with van der Waals surface area (Å²) in [4.78, 5) is 6.81. The summed E-state index contributed by atoms with van der Waals surface area (Å²) in [5, 5.41) is 7.44. The first-order valence-corrected chi connectivity index (χ1v) is 9.60. The standard InChI is InChI=1S/C21H27ClN4/c1-23-21(25-15-18-8-10-20(22)11-9-18)24-14-17-4-6-19(7-5-17)16-26-12-2-3-13-26/h4-11H,2-3,12-16H2,1H3,(H2,23,24,25). The largest absolute Gasteiger partial charge is 0.352 e. The van der Waals surface area contributed by atoms with Crippen molar-refractivity contribution >= 4 is 17.6 Å². The van der Waals surface area contributed by atoms with E-state index in [0.29, 0.717) is 6.54 Å². The normalized spacial score (nSPS) is 15.2. The summed E-state index contributed by atoms with van der Waals surface area (Å²) in [6, 6.07) is 16.7. The van der Waals surface area contributed by atoms with Gasteiger partial charge in [0, 0.05) is 31.7 Å². The van der Waals surface area contributed by atoms with Crippen LogP contribution in [0.5, 0.6) is 0 Å². The lowest BCUT2D eigenvalue weighted by Gasteiger charge is -2.15. The van der Waals surface area contributed by atoms with Crippen molar-refractivity contribution in [1.29, 1.82) is 0 Å². The summed E-state index contributed by atoms with van der Waals surface area (Å²) in [5.41, 5.74) is 3.81. The van der Waals surface area contributed by atoms with Crippen molar-refractivity contribution in [2.24, 2.45) is 4.99 Å². The Morgan fingerprint density at radius 1 is 0.885 bits per heavy atom. The van der Waals surface area contributed by atoms with Crippen LogP contribution in [0.4, 0.5) is 0 Å². The molecule has 0 radical (unpaired) electrons. The van der Waals surface area contributed by atoms with Gasteiger partial charge in [-0.1, -0.05) is 48.0 Å². The lowest BCUT2D eigenvalue weighted by atomic mass is 10.1. The fourth-order valence-electron chi connectivity index (χ4n) is 3.16. The average molecular weight is 371 g/mol. The van der Waals surface area contributed by atoms with Gasteiger partial charge < -0.3 is 10.6 Å². The molecule has 4 nitrogen and oxygen atoms in total. The minimum absolute atomic E-state index is 0.714. The summed E-state index contributed by atoms with van der Waals surface area (Å²) in [6.07, 6.45) is 2.67. The predicted molar refractivity (Wildman–Crippen MR) is 109 cm³/mol. The number of hydrogen-bond donors (Lipinski definition) is 2. The third-order valence-corrected chi connectivity index (χ3v) is 4.94. The first-order chi connectivity index (χ1) is 12.7. The summed E-state index contributed by atoms with van der Waals surface area (Å²) in [6.45, 7) is 5.01. The zero-order chi connectivity index (χ0) is 18.2. The molecule has 1 aliphatic rings. The second-order valence-electron chi connectivity index (χ2n) is 6.71. The van der Waals surface area contributed by atoms with Crippen LogP contribution in [0.15, 0.2) is 53.5 Å². The number of likely N-dealkylation sites (tertiary alicyclic amines) is 1. The van der Waals surface area contributed by atoms with Gasteiger partial charge in [-0.2, -0.15) is 0 Å². The molecular weight excluding hydrogens is 344 g/mol. The molecule has 0 saturated carbocycles. The molecule has 0 aromatic heterocycles. The predicted octanol–water partition coefficient (Wildman–Crippen LogP) is 3.80. The van der Waals surface area contributed by atoms with Crippen molar-refractivity contribution in [3.63, 3.8) is 0 Å². The van der Waals surface area contributed by atoms with Gasteiger partial charge in [-0.25, -0.2) is 0 Å². The van der Waals surface area contributed by atoms with Gasteiger partial charge in [0.05, 0.1) is 0 Å². The first kappa shape index (κ1) is 18.7. The molecule has 5 heteroatoms. The minimum atomic E-state index is 0.714. The molecule has 0 aliphatic carbocycles. The molecule has 1 fully saturated rings. The second kappa shape index (κ2) is 9.60. The lowest BCUT2D eigenvalue weighted by molar-refractivity contribution is 0.331. The van der Waals surface area contributed by atoms with Crippen molar-refractivity contribution in [3.05, 3.63) is 70.2 Å². The molecule has 0 atom stereocenters. The number of hydrogen-bond acceptors (Lipinski definition) is 2. The summed E-state index contributed by atoms with van der Waals surface area (Å²) >= 11 is 5.92. The van der Waals surface area contributed by atoms with Crippen LogP contribution >= 0.6 is 11.6 Å². The van der Waals surface area contributed by atoms with E-state index in [-0.39, 0.29) is 0 Å². The third-order valence-electron chi connectivity index (χ3n) is 4.68. The molecule has 1 saturated heterocycles. The van der Waals surface area contributed by atoms with Crippen molar-refractivity contribution in [3.8, 4) is 0 Å². The Hall–Kier alpha value is -2.04. The fraction of sp³-hybridized carbons (Fsp3) is 0.381. The maximum Gasteiger partial charge on any atom is 0.191 e. The van der Waals surface area contributed by atoms with Crippen molar-refractivity contribution in [1.82, 2.24) is 15.5 Å². The Labute approximate surface area is 161 Å². The second-order valence-corrected chi connectivity index (χ2v) is 7.14. The van der Waals surface area contributed by atoms with E-state index in [1.165, 1.54) is 42.6 Å². The number of rotatable bonds is 6. The summed E-state index contributed by atoms with van der Waals surface area (Å²) in [5.74, 6) is 0.793. The molecule has 2 aromatic rings. The van der Waals surface area contributed by atoms with E-state index in [1.54, 1.807) is 7.05 Å². The Balaban J connectivity index is 1.44. The van der Waals surface area contributed by atoms with Crippen molar-refractivity contribution < 1.29 is 0 Å². The molecule has 2 N–H and O–H groups in total. The van der Waals surface area contributed by atoms with Crippen LogP contribution in [0.3, 0.4) is 0 Å². The van der Waals surface area contributed by atoms with E-state index in [2.05, 4.69) is 44.8 Å². The van der Waals surface area contributed by atoms with Crippen molar-refractivity contribution in [2.45, 2.75) is 32.5 Å². The zero-order valence-corrected chi connectivity index (χ0v) is 16.1. The quantitative estimate of drug-likeness (QED) is 0.600. The SMILES string of the molecule is CN=C(NCc1ccc(Cl)cc1)NCc1ccc(CN2CCCC2)cc1. The number of nitrogens with one attached hydrogen (secondary N) is 2. The van der Waals surface area contributed by atoms with Crippen LogP contribution in [0.1, 0.15) is 29.5 Å². The van der Waals surface area contributed by atoms with Crippen LogP contribution in [-0.4, -0.2) is 31.0 Å². The van der Waals surface area contributed by atoms with Gasteiger partial charge in [0.15, 0.2) is 5.96 Å². The molecule has 0 bridgehead atoms. The topological polar surface area (TPSA) is 39.7 Å². The maximum atomic E-state index is 5.92. The highest BCUT2D eigenvalue weighted by Gasteiger charge is 2.11. The smallest absolute Gasteiger partial charge is 0.191 e. The molecule has 138 valence electrons. The summed E-state index contributed by atoms with van der Waals surface area (Å²) in [7, 11) is 1.79. The van der Waals surface area contributed by atoms with Crippen molar-refractivity contribution in [2.75, 3.05) is 20.1 Å². The third kappa shape index (κ3) is 5.75. The lowest BCUT2D eigenvalue weighted by Crippen LogP contribution is -2.36. The molecule has 26 heavy (non-hydrogen) atoms. The van der Waals surface area contributed by atoms with Gasteiger partial charge in [0.25, 0.3) is 0 Å². The van der Waals surface area contributed by atoms with Gasteiger partial charge in [-0.05, 0) is 54.8 Å². The van der Waals surface area contributed by atoms with E-state index in [1.807, 2.05) is 24.3 Å². The molecule has 0 amide bonds. The minimum Gasteiger partial charge on any atom is -0.352 e. The van der Waals surface area contributed by atoms with Crippen LogP contribution in [0.25, 0.3) is 0 Å². The summed E-state index contributed by atoms with van der Waals surface area (Å²) < 4.78 is 0. The zero-order valence-electron chi connectivity index (χ0n) is 15.3. The number of nitrogens with zero attached hydrogens (tertiary/aromatic N) is 2. The van der Waals surface area contributed by atoms with E-state index in [9.17, 15) is 0 Å². The first-order valence-electron chi connectivity index (χ1n) is 9.22. The molecular formula is C21H27ClN4. The van der Waals surface area contributed by atoms with E-state index in [0.717, 1.165) is 24.1 Å².